The van der Waals surface area contributed by atoms with Crippen LogP contribution in [0.1, 0.15) is 73.1 Å². The number of hydrogen-bond donors (Lipinski definition) is 0. The van der Waals surface area contributed by atoms with Gasteiger partial charge in [0.05, 0.1) is 0 Å². The Morgan fingerprint density at radius 3 is 2.55 bits per heavy atom. The van der Waals surface area contributed by atoms with E-state index in [9.17, 15) is 4.79 Å². The van der Waals surface area contributed by atoms with Gasteiger partial charge in [-0.3, -0.25) is 0 Å². The molecule has 0 amide bonds. The average Bonchev–Trinajstić information content (AvgIpc) is 2.78. The lowest BCUT2D eigenvalue weighted by Crippen LogP contribution is -2.47. The van der Waals surface area contributed by atoms with Crippen LogP contribution in [0, 0.1) is 17.8 Å². The van der Waals surface area contributed by atoms with E-state index in [-0.39, 0.29) is 11.6 Å². The van der Waals surface area contributed by atoms with Gasteiger partial charge in [-0.1, -0.05) is 47.1 Å². The summed E-state index contributed by atoms with van der Waals surface area (Å²) in [6.07, 6.45) is 6.99. The van der Waals surface area contributed by atoms with Crippen LogP contribution in [0.5, 0.6) is 0 Å². The van der Waals surface area contributed by atoms with Gasteiger partial charge in [-0.25, -0.2) is 4.79 Å². The molecule has 1 aliphatic carbocycles. The normalized spacial score (nSPS) is 27.6. The Labute approximate surface area is 125 Å². The van der Waals surface area contributed by atoms with Gasteiger partial charge in [-0.2, -0.15) is 0 Å². The van der Waals surface area contributed by atoms with Gasteiger partial charge in [0, 0.05) is 5.57 Å². The molecule has 0 aliphatic heterocycles. The third-order valence-corrected chi connectivity index (χ3v) is 5.12. The zero-order valence-corrected chi connectivity index (χ0v) is 14.0. The molecule has 0 N–H and O–H groups in total. The summed E-state index contributed by atoms with van der Waals surface area (Å²) in [5.74, 6) is 1.23. The average molecular weight is 280 g/mol. The molecule has 1 saturated carbocycles. The van der Waals surface area contributed by atoms with E-state index in [0.717, 1.165) is 6.42 Å². The fourth-order valence-corrected chi connectivity index (χ4v) is 3.56. The predicted octanol–water partition coefficient (Wildman–Crippen LogP) is 5.13. The van der Waals surface area contributed by atoms with E-state index in [1.54, 1.807) is 6.92 Å². The van der Waals surface area contributed by atoms with E-state index < -0.39 is 0 Å². The first kappa shape index (κ1) is 17.3. The van der Waals surface area contributed by atoms with Crippen LogP contribution >= 0.6 is 0 Å². The van der Waals surface area contributed by atoms with Gasteiger partial charge in [-0.15, -0.1) is 0 Å². The Balaban J connectivity index is 2.99. The van der Waals surface area contributed by atoms with Crippen LogP contribution < -0.4 is 0 Å². The van der Waals surface area contributed by atoms with Crippen LogP contribution in [-0.2, 0) is 9.53 Å². The third kappa shape index (κ3) is 3.65. The summed E-state index contributed by atoms with van der Waals surface area (Å²) in [5.41, 5.74) is 0.251. The first-order valence-electron chi connectivity index (χ1n) is 8.24. The van der Waals surface area contributed by atoms with Gasteiger partial charge in [-0.05, 0) is 50.4 Å². The molecule has 0 radical (unpaired) electrons. The zero-order valence-electron chi connectivity index (χ0n) is 14.0. The van der Waals surface area contributed by atoms with E-state index >= 15 is 0 Å². The van der Waals surface area contributed by atoms with Crippen LogP contribution in [0.4, 0.5) is 0 Å². The Kier molecular flexibility index (Phi) is 6.29. The number of hydrogen-bond acceptors (Lipinski definition) is 2. The maximum absolute atomic E-state index is 12.1. The minimum absolute atomic E-state index is 0.208. The number of carbonyl (C=O) groups excluding carboxylic acids is 1. The lowest BCUT2D eigenvalue weighted by atomic mass is 9.73. The van der Waals surface area contributed by atoms with E-state index in [1.807, 2.05) is 0 Å². The van der Waals surface area contributed by atoms with Crippen molar-refractivity contribution in [2.45, 2.75) is 78.7 Å². The summed E-state index contributed by atoms with van der Waals surface area (Å²) in [6.45, 7) is 14.4. The lowest BCUT2D eigenvalue weighted by molar-refractivity contribution is -0.169. The quantitative estimate of drug-likeness (QED) is 0.477. The molecule has 20 heavy (non-hydrogen) atoms. The molecule has 1 fully saturated rings. The molecule has 0 aromatic carbocycles. The van der Waals surface area contributed by atoms with Crippen molar-refractivity contribution < 1.29 is 9.53 Å². The molecule has 3 atom stereocenters. The smallest absolute Gasteiger partial charge is 0.333 e. The predicted molar refractivity (Wildman–Crippen MR) is 84.5 cm³/mol. The molecule has 1 rings (SSSR count). The number of esters is 1. The standard InChI is InChI=1S/C18H32O2/c1-7-8-10-16-11-9-12-18(16,15(6)13(2)3)20-17(19)14(4)5/h13,15-16H,4,7-12H2,1-3,5-6H3. The summed E-state index contributed by atoms with van der Waals surface area (Å²) in [5, 5.41) is 0. The van der Waals surface area contributed by atoms with Crippen molar-refractivity contribution in [3.8, 4) is 0 Å². The van der Waals surface area contributed by atoms with Crippen molar-refractivity contribution in [3.05, 3.63) is 12.2 Å². The van der Waals surface area contributed by atoms with Crippen molar-refractivity contribution in [2.75, 3.05) is 0 Å². The highest BCUT2D eigenvalue weighted by Gasteiger charge is 2.50. The van der Waals surface area contributed by atoms with E-state index in [1.165, 1.54) is 32.1 Å². The highest BCUT2D eigenvalue weighted by Crippen LogP contribution is 2.48. The highest BCUT2D eigenvalue weighted by molar-refractivity contribution is 5.87. The van der Waals surface area contributed by atoms with Gasteiger partial charge >= 0.3 is 5.97 Å². The van der Waals surface area contributed by atoms with Gasteiger partial charge < -0.3 is 4.74 Å². The summed E-state index contributed by atoms with van der Waals surface area (Å²) >= 11 is 0. The fourth-order valence-electron chi connectivity index (χ4n) is 3.56. The largest absolute Gasteiger partial charge is 0.455 e. The Hall–Kier alpha value is -0.790. The van der Waals surface area contributed by atoms with Crippen molar-refractivity contribution in [1.29, 1.82) is 0 Å². The maximum Gasteiger partial charge on any atom is 0.333 e. The van der Waals surface area contributed by atoms with Crippen molar-refractivity contribution >= 4 is 5.97 Å². The number of rotatable bonds is 7. The molecule has 0 aromatic heterocycles. The van der Waals surface area contributed by atoms with Crippen LogP contribution in [0.25, 0.3) is 0 Å². The SMILES string of the molecule is C=C(C)C(=O)OC1(C(C)C(C)C)CCCC1CCCC. The maximum atomic E-state index is 12.1. The molecular formula is C18H32O2. The highest BCUT2D eigenvalue weighted by atomic mass is 16.6. The first-order chi connectivity index (χ1) is 9.35. The molecule has 0 aromatic rings. The summed E-state index contributed by atoms with van der Waals surface area (Å²) in [6, 6.07) is 0. The zero-order chi connectivity index (χ0) is 15.3. The molecule has 116 valence electrons. The van der Waals surface area contributed by atoms with Crippen molar-refractivity contribution in [2.24, 2.45) is 17.8 Å². The van der Waals surface area contributed by atoms with Crippen LogP contribution in [0.2, 0.25) is 0 Å². The third-order valence-electron chi connectivity index (χ3n) is 5.12. The van der Waals surface area contributed by atoms with Crippen molar-refractivity contribution in [1.82, 2.24) is 0 Å². The van der Waals surface area contributed by atoms with Gasteiger partial charge in [0.1, 0.15) is 5.60 Å². The molecular weight excluding hydrogens is 248 g/mol. The number of carbonyl (C=O) groups is 1. The fraction of sp³-hybridized carbons (Fsp3) is 0.833. The summed E-state index contributed by atoms with van der Waals surface area (Å²) < 4.78 is 6.05. The van der Waals surface area contributed by atoms with E-state index in [4.69, 9.17) is 4.74 Å². The summed E-state index contributed by atoms with van der Waals surface area (Å²) in [7, 11) is 0. The molecule has 0 spiro atoms. The van der Waals surface area contributed by atoms with Gasteiger partial charge in [0.15, 0.2) is 0 Å². The molecule has 0 heterocycles. The number of ether oxygens (including phenoxy) is 1. The molecule has 0 saturated heterocycles. The molecule has 2 heteroatoms. The molecule has 2 nitrogen and oxygen atoms in total. The lowest BCUT2D eigenvalue weighted by Gasteiger charge is -2.42. The second-order valence-corrected chi connectivity index (χ2v) is 6.89. The van der Waals surface area contributed by atoms with Crippen LogP contribution in [0.15, 0.2) is 12.2 Å². The van der Waals surface area contributed by atoms with E-state index in [0.29, 0.717) is 23.3 Å². The summed E-state index contributed by atoms with van der Waals surface area (Å²) in [4.78, 5) is 12.1. The Bertz CT molecular complexity index is 345. The minimum atomic E-state index is -0.265. The van der Waals surface area contributed by atoms with E-state index in [2.05, 4.69) is 34.3 Å². The van der Waals surface area contributed by atoms with Crippen LogP contribution in [0.3, 0.4) is 0 Å². The van der Waals surface area contributed by atoms with Gasteiger partial charge in [0.2, 0.25) is 0 Å². The minimum Gasteiger partial charge on any atom is -0.455 e. The molecule has 1 aliphatic rings. The first-order valence-corrected chi connectivity index (χ1v) is 8.24. The Morgan fingerprint density at radius 2 is 2.05 bits per heavy atom. The second kappa shape index (κ2) is 7.28. The molecule has 3 unspecified atom stereocenters. The van der Waals surface area contributed by atoms with Crippen LogP contribution in [-0.4, -0.2) is 11.6 Å². The van der Waals surface area contributed by atoms with Gasteiger partial charge in [0.25, 0.3) is 0 Å². The molecule has 0 bridgehead atoms. The topological polar surface area (TPSA) is 26.3 Å². The van der Waals surface area contributed by atoms with Crippen molar-refractivity contribution in [3.63, 3.8) is 0 Å². The Morgan fingerprint density at radius 1 is 1.40 bits per heavy atom. The number of unbranched alkanes of at least 4 members (excludes halogenated alkanes) is 1. The monoisotopic (exact) mass is 280 g/mol. The second-order valence-electron chi connectivity index (χ2n) is 6.89.